The number of ether oxygens (including phenoxy) is 1. The highest BCUT2D eigenvalue weighted by Crippen LogP contribution is 2.22. The number of hydrogen-bond acceptors (Lipinski definition) is 6. The Morgan fingerprint density at radius 2 is 2.00 bits per heavy atom. The van der Waals surface area contributed by atoms with Crippen molar-refractivity contribution in [3.63, 3.8) is 0 Å². The van der Waals surface area contributed by atoms with Gasteiger partial charge in [0.1, 0.15) is 5.84 Å². The van der Waals surface area contributed by atoms with Crippen LogP contribution in [-0.2, 0) is 20.7 Å². The zero-order valence-corrected chi connectivity index (χ0v) is 17.5. The summed E-state index contributed by atoms with van der Waals surface area (Å²) >= 11 is 0. The van der Waals surface area contributed by atoms with E-state index in [0.29, 0.717) is 29.9 Å². The van der Waals surface area contributed by atoms with Gasteiger partial charge in [0.15, 0.2) is 12.2 Å². The first-order chi connectivity index (χ1) is 14.4. The number of amidine groups is 1. The molecule has 1 aliphatic heterocycles. The number of morpholine rings is 1. The van der Waals surface area contributed by atoms with Crippen LogP contribution in [0.5, 0.6) is 0 Å². The summed E-state index contributed by atoms with van der Waals surface area (Å²) < 4.78 is 5.40. The number of amides is 2. The Balaban J connectivity index is 0.00000341. The molecule has 9 nitrogen and oxygen atoms in total. The number of aliphatic hydroxyl groups is 2. The van der Waals surface area contributed by atoms with Gasteiger partial charge < -0.3 is 30.9 Å². The van der Waals surface area contributed by atoms with Crippen LogP contribution in [0.25, 0.3) is 0 Å². The van der Waals surface area contributed by atoms with E-state index < -0.39 is 24.0 Å². The van der Waals surface area contributed by atoms with E-state index in [1.54, 1.807) is 42.5 Å². The first-order valence-corrected chi connectivity index (χ1v) is 9.47. The Kier molecular flexibility index (Phi) is 8.52. The highest BCUT2D eigenvalue weighted by molar-refractivity contribution is 6.04. The second kappa shape index (κ2) is 10.9. The highest BCUT2D eigenvalue weighted by atomic mass is 35.5. The number of nitrogens with zero attached hydrogens (tertiary/aromatic N) is 1. The van der Waals surface area contributed by atoms with Crippen molar-refractivity contribution in [1.82, 2.24) is 0 Å². The number of aliphatic hydroxyl groups excluding tert-OH is 2. The third-order valence-corrected chi connectivity index (χ3v) is 4.76. The molecule has 0 aliphatic carbocycles. The lowest BCUT2D eigenvalue weighted by Crippen LogP contribution is -2.55. The molecule has 1 aliphatic rings. The number of nitrogens with two attached hydrogens (primary N) is 1. The minimum Gasteiger partial charge on any atom is -0.396 e. The first-order valence-electron chi connectivity index (χ1n) is 9.47. The van der Waals surface area contributed by atoms with Crippen molar-refractivity contribution in [1.29, 1.82) is 5.41 Å². The molecule has 0 spiro atoms. The van der Waals surface area contributed by atoms with Gasteiger partial charge in [0.05, 0.1) is 6.61 Å². The molecule has 3 rings (SSSR count). The van der Waals surface area contributed by atoms with E-state index in [2.05, 4.69) is 5.32 Å². The quantitative estimate of drug-likeness (QED) is 0.310. The van der Waals surface area contributed by atoms with Gasteiger partial charge in [-0.2, -0.15) is 0 Å². The van der Waals surface area contributed by atoms with Gasteiger partial charge in [0, 0.05) is 30.1 Å². The predicted molar refractivity (Wildman–Crippen MR) is 119 cm³/mol. The molecule has 6 N–H and O–H groups in total. The number of carbonyl (C=O) groups is 2. The maximum Gasteiger partial charge on any atom is 0.259 e. The van der Waals surface area contributed by atoms with Crippen LogP contribution < -0.4 is 16.0 Å². The lowest BCUT2D eigenvalue weighted by atomic mass is 10.1. The Bertz CT molecular complexity index is 938. The number of nitrogen functional groups attached to an aromatic ring is 1. The number of nitrogens with one attached hydrogen (secondary N) is 2. The van der Waals surface area contributed by atoms with Crippen LogP contribution in [0, 0.1) is 5.41 Å². The van der Waals surface area contributed by atoms with Gasteiger partial charge in [0.25, 0.3) is 11.8 Å². The standard InChI is InChI=1S/C21H24N4O5.ClH/c22-19(23)14-4-6-15(7-5-14)24-20(28)17(27)18-21(29)25(9-11-30-18)16-3-1-2-13(12-16)8-10-26;/h1-7,12,17-18,26-27H,8-11H2,(H3,22,23)(H,24,28);1H/t17-,18-;/m1./s1. The molecule has 1 saturated heterocycles. The Morgan fingerprint density at radius 3 is 2.65 bits per heavy atom. The predicted octanol–water partition coefficient (Wildman–Crippen LogP) is 0.659. The number of hydrogen-bond donors (Lipinski definition) is 5. The molecular weight excluding hydrogens is 424 g/mol. The third kappa shape index (κ3) is 5.80. The van der Waals surface area contributed by atoms with Crippen molar-refractivity contribution >= 4 is 41.4 Å². The maximum atomic E-state index is 12.9. The Morgan fingerprint density at radius 1 is 1.29 bits per heavy atom. The smallest absolute Gasteiger partial charge is 0.259 e. The van der Waals surface area contributed by atoms with Crippen molar-refractivity contribution < 1.29 is 24.5 Å². The molecule has 2 aromatic carbocycles. The maximum absolute atomic E-state index is 12.9. The minimum atomic E-state index is -1.70. The SMILES string of the molecule is Cl.N=C(N)c1ccc(NC(=O)[C@H](O)[C@H]2OCCN(c3cccc(CCO)c3)C2=O)cc1. The number of rotatable bonds is 7. The van der Waals surface area contributed by atoms with Crippen LogP contribution in [0.15, 0.2) is 48.5 Å². The second-order valence-electron chi connectivity index (χ2n) is 6.85. The zero-order valence-electron chi connectivity index (χ0n) is 16.7. The summed E-state index contributed by atoms with van der Waals surface area (Å²) in [5.74, 6) is -1.39. The Labute approximate surface area is 185 Å². The van der Waals surface area contributed by atoms with Gasteiger partial charge in [0.2, 0.25) is 0 Å². The number of halogens is 1. The van der Waals surface area contributed by atoms with Crippen LogP contribution >= 0.6 is 12.4 Å². The van der Waals surface area contributed by atoms with Crippen LogP contribution in [0.3, 0.4) is 0 Å². The lowest BCUT2D eigenvalue weighted by Gasteiger charge is -2.34. The molecule has 0 unspecified atom stereocenters. The average molecular weight is 449 g/mol. The topological polar surface area (TPSA) is 149 Å². The fourth-order valence-electron chi connectivity index (χ4n) is 3.18. The first kappa shape index (κ1) is 24.3. The number of benzene rings is 2. The zero-order chi connectivity index (χ0) is 21.7. The van der Waals surface area contributed by atoms with E-state index in [0.717, 1.165) is 5.56 Å². The second-order valence-corrected chi connectivity index (χ2v) is 6.85. The molecule has 166 valence electrons. The summed E-state index contributed by atoms with van der Waals surface area (Å²) in [4.78, 5) is 26.8. The highest BCUT2D eigenvalue weighted by Gasteiger charge is 2.39. The van der Waals surface area contributed by atoms with Gasteiger partial charge in [-0.3, -0.25) is 15.0 Å². The molecule has 1 fully saturated rings. The van der Waals surface area contributed by atoms with Crippen LogP contribution in [-0.4, -0.2) is 59.8 Å². The molecule has 2 amide bonds. The van der Waals surface area contributed by atoms with Crippen LogP contribution in [0.2, 0.25) is 0 Å². The van der Waals surface area contributed by atoms with E-state index in [-0.39, 0.29) is 31.5 Å². The summed E-state index contributed by atoms with van der Waals surface area (Å²) in [5.41, 5.74) is 7.78. The van der Waals surface area contributed by atoms with Crippen LogP contribution in [0.4, 0.5) is 11.4 Å². The van der Waals surface area contributed by atoms with E-state index in [9.17, 15) is 14.7 Å². The summed E-state index contributed by atoms with van der Waals surface area (Å²) in [7, 11) is 0. The van der Waals surface area contributed by atoms with Gasteiger partial charge in [-0.25, -0.2) is 0 Å². The molecule has 0 aromatic heterocycles. The molecule has 0 bridgehead atoms. The summed E-state index contributed by atoms with van der Waals surface area (Å²) in [6, 6.07) is 13.4. The van der Waals surface area contributed by atoms with Gasteiger partial charge in [-0.15, -0.1) is 12.4 Å². The van der Waals surface area contributed by atoms with Crippen LogP contribution in [0.1, 0.15) is 11.1 Å². The lowest BCUT2D eigenvalue weighted by molar-refractivity contribution is -0.150. The van der Waals surface area contributed by atoms with Crippen molar-refractivity contribution in [2.24, 2.45) is 5.73 Å². The summed E-state index contributed by atoms with van der Waals surface area (Å²) in [6.45, 7) is 0.451. The van der Waals surface area contributed by atoms with Crippen molar-refractivity contribution in [3.8, 4) is 0 Å². The minimum absolute atomic E-state index is 0. The molecule has 10 heteroatoms. The fraction of sp³-hybridized carbons (Fsp3) is 0.286. The summed E-state index contributed by atoms with van der Waals surface area (Å²) in [5, 5.41) is 29.5. The van der Waals surface area contributed by atoms with E-state index in [1.165, 1.54) is 4.90 Å². The molecule has 2 atom stereocenters. The normalized spacial score (nSPS) is 16.9. The van der Waals surface area contributed by atoms with Gasteiger partial charge in [-0.05, 0) is 48.4 Å². The molecular formula is C21H25ClN4O5. The van der Waals surface area contributed by atoms with E-state index in [1.807, 2.05) is 6.07 Å². The summed E-state index contributed by atoms with van der Waals surface area (Å²) in [6.07, 6.45) is -2.58. The number of carbonyl (C=O) groups excluding carboxylic acids is 2. The Hall–Kier alpha value is -2.98. The van der Waals surface area contributed by atoms with Gasteiger partial charge >= 0.3 is 0 Å². The fourth-order valence-corrected chi connectivity index (χ4v) is 3.18. The third-order valence-electron chi connectivity index (χ3n) is 4.76. The number of anilines is 2. The van der Waals surface area contributed by atoms with E-state index in [4.69, 9.17) is 21.0 Å². The molecule has 0 saturated carbocycles. The van der Waals surface area contributed by atoms with Crippen molar-refractivity contribution in [3.05, 3.63) is 59.7 Å². The van der Waals surface area contributed by atoms with E-state index >= 15 is 0 Å². The van der Waals surface area contributed by atoms with Crippen molar-refractivity contribution in [2.75, 3.05) is 30.0 Å². The van der Waals surface area contributed by atoms with Crippen molar-refractivity contribution in [2.45, 2.75) is 18.6 Å². The largest absolute Gasteiger partial charge is 0.396 e. The molecule has 0 radical (unpaired) electrons. The molecule has 31 heavy (non-hydrogen) atoms. The van der Waals surface area contributed by atoms with Gasteiger partial charge in [-0.1, -0.05) is 12.1 Å². The monoisotopic (exact) mass is 448 g/mol. The molecule has 2 aromatic rings. The molecule has 1 heterocycles. The average Bonchev–Trinajstić information content (AvgIpc) is 2.74.